The van der Waals surface area contributed by atoms with E-state index >= 15 is 0 Å². The van der Waals surface area contributed by atoms with Crippen molar-refractivity contribution in [3.8, 4) is 0 Å². The Kier molecular flexibility index (Phi) is 3.29. The summed E-state index contributed by atoms with van der Waals surface area (Å²) in [6, 6.07) is 2.58. The first-order chi connectivity index (χ1) is 9.34. The van der Waals surface area contributed by atoms with Crippen LogP contribution in [0.25, 0.3) is 10.9 Å². The molecule has 0 bridgehead atoms. The predicted octanol–water partition coefficient (Wildman–Crippen LogP) is 1.98. The maximum atomic E-state index is 11.3. The number of hydrogen-bond donors (Lipinski definition) is 3. The Bertz CT molecular complexity index is 770. The van der Waals surface area contributed by atoms with Gasteiger partial charge in [0.05, 0.1) is 27.2 Å². The second-order valence-electron chi connectivity index (χ2n) is 3.78. The molecule has 8 heteroatoms. The van der Waals surface area contributed by atoms with Crippen molar-refractivity contribution in [2.75, 3.05) is 0 Å². The van der Waals surface area contributed by atoms with E-state index in [2.05, 4.69) is 4.98 Å². The van der Waals surface area contributed by atoms with E-state index in [1.165, 1.54) is 12.1 Å². The molecule has 0 aliphatic rings. The zero-order valence-electron chi connectivity index (χ0n) is 9.62. The average Bonchev–Trinajstić information content (AvgIpc) is 2.36. The summed E-state index contributed by atoms with van der Waals surface area (Å²) in [7, 11) is 0. The number of hydrogen-bond acceptors (Lipinski definition) is 4. The lowest BCUT2D eigenvalue weighted by molar-refractivity contribution is 0.0652. The molecule has 20 heavy (non-hydrogen) atoms. The highest BCUT2D eigenvalue weighted by Gasteiger charge is 2.25. The van der Waals surface area contributed by atoms with Gasteiger partial charge in [-0.05, 0) is 12.1 Å². The van der Waals surface area contributed by atoms with E-state index in [1.807, 2.05) is 0 Å². The topological polar surface area (TPSA) is 125 Å². The number of fused-ring (bicyclic) bond motifs is 1. The van der Waals surface area contributed by atoms with Crippen molar-refractivity contribution in [2.45, 2.75) is 0 Å². The summed E-state index contributed by atoms with van der Waals surface area (Å²) in [4.78, 5) is 37.4. The van der Waals surface area contributed by atoms with Crippen LogP contribution in [-0.2, 0) is 0 Å². The summed E-state index contributed by atoms with van der Waals surface area (Å²) < 4.78 is 0. The lowest BCUT2D eigenvalue weighted by Gasteiger charge is -2.09. The van der Waals surface area contributed by atoms with Crippen LogP contribution in [-0.4, -0.2) is 38.2 Å². The van der Waals surface area contributed by atoms with Crippen LogP contribution in [0.3, 0.4) is 0 Å². The molecule has 2 rings (SSSR count). The van der Waals surface area contributed by atoms with Crippen molar-refractivity contribution in [1.29, 1.82) is 0 Å². The smallest absolute Gasteiger partial charge is 0.338 e. The van der Waals surface area contributed by atoms with Crippen molar-refractivity contribution in [3.63, 3.8) is 0 Å². The van der Waals surface area contributed by atoms with E-state index in [0.29, 0.717) is 0 Å². The Labute approximate surface area is 116 Å². The van der Waals surface area contributed by atoms with Crippen LogP contribution in [0.5, 0.6) is 0 Å². The lowest BCUT2D eigenvalue weighted by atomic mass is 9.99. The van der Waals surface area contributed by atoms with Gasteiger partial charge >= 0.3 is 17.9 Å². The molecule has 0 fully saturated rings. The molecule has 0 unspecified atom stereocenters. The lowest BCUT2D eigenvalue weighted by Crippen LogP contribution is -2.12. The molecule has 0 saturated carbocycles. The van der Waals surface area contributed by atoms with Gasteiger partial charge in [-0.25, -0.2) is 14.4 Å². The van der Waals surface area contributed by atoms with E-state index in [9.17, 15) is 19.5 Å². The summed E-state index contributed by atoms with van der Waals surface area (Å²) in [6.07, 6.45) is 0.869. The monoisotopic (exact) mass is 295 g/mol. The summed E-state index contributed by atoms with van der Waals surface area (Å²) >= 11 is 5.76. The molecular formula is C12H6ClNO6. The van der Waals surface area contributed by atoms with E-state index in [4.69, 9.17) is 21.8 Å². The van der Waals surface area contributed by atoms with Gasteiger partial charge in [0.15, 0.2) is 0 Å². The van der Waals surface area contributed by atoms with Gasteiger partial charge in [0.1, 0.15) is 0 Å². The summed E-state index contributed by atoms with van der Waals surface area (Å²) in [5.41, 5.74) is -1.71. The molecule has 0 saturated heterocycles. The van der Waals surface area contributed by atoms with Crippen LogP contribution < -0.4 is 0 Å². The molecule has 0 radical (unpaired) electrons. The highest BCUT2D eigenvalue weighted by molar-refractivity contribution is 6.36. The largest absolute Gasteiger partial charge is 0.478 e. The van der Waals surface area contributed by atoms with Crippen molar-refractivity contribution >= 4 is 40.4 Å². The molecule has 0 aliphatic carbocycles. The van der Waals surface area contributed by atoms with Crippen LogP contribution in [0.2, 0.25) is 5.02 Å². The second kappa shape index (κ2) is 4.78. The van der Waals surface area contributed by atoms with Crippen LogP contribution in [0.15, 0.2) is 18.3 Å². The van der Waals surface area contributed by atoms with Gasteiger partial charge in [-0.1, -0.05) is 11.6 Å². The predicted molar refractivity (Wildman–Crippen MR) is 67.6 cm³/mol. The molecule has 102 valence electrons. The third kappa shape index (κ3) is 2.04. The number of halogens is 1. The summed E-state index contributed by atoms with van der Waals surface area (Å²) in [6.45, 7) is 0. The number of carboxylic acid groups (broad SMARTS) is 3. The van der Waals surface area contributed by atoms with E-state index < -0.39 is 34.6 Å². The standard InChI is InChI=1S/C12H6ClNO6/c13-5-1-2-6-9(8(5)12(19)20)7(11(17)18)4(3-14-6)10(15)16/h1-3H,(H,15,16)(H,17,18)(H,19,20). The van der Waals surface area contributed by atoms with Gasteiger partial charge in [0, 0.05) is 11.6 Å². The molecule has 7 nitrogen and oxygen atoms in total. The average molecular weight is 296 g/mol. The van der Waals surface area contributed by atoms with Crippen molar-refractivity contribution in [1.82, 2.24) is 4.98 Å². The minimum atomic E-state index is -1.57. The Morgan fingerprint density at radius 1 is 0.950 bits per heavy atom. The summed E-state index contributed by atoms with van der Waals surface area (Å²) in [5.74, 6) is -4.56. The quantitative estimate of drug-likeness (QED) is 0.790. The van der Waals surface area contributed by atoms with Crippen molar-refractivity contribution < 1.29 is 29.7 Å². The highest BCUT2D eigenvalue weighted by atomic mass is 35.5. The fourth-order valence-corrected chi connectivity index (χ4v) is 2.09. The van der Waals surface area contributed by atoms with E-state index in [0.717, 1.165) is 6.20 Å². The van der Waals surface area contributed by atoms with Gasteiger partial charge in [0.25, 0.3) is 0 Å². The molecule has 1 aromatic carbocycles. The Morgan fingerprint density at radius 3 is 2.05 bits per heavy atom. The second-order valence-corrected chi connectivity index (χ2v) is 4.19. The molecule has 1 aromatic heterocycles. The van der Waals surface area contributed by atoms with Crippen LogP contribution in [0.1, 0.15) is 31.1 Å². The fraction of sp³-hybridized carbons (Fsp3) is 0. The zero-order valence-corrected chi connectivity index (χ0v) is 10.4. The molecule has 3 N–H and O–H groups in total. The Morgan fingerprint density at radius 2 is 1.55 bits per heavy atom. The molecule has 0 spiro atoms. The first-order valence-electron chi connectivity index (χ1n) is 5.15. The van der Waals surface area contributed by atoms with Crippen LogP contribution in [0, 0.1) is 0 Å². The number of rotatable bonds is 3. The first kappa shape index (κ1) is 13.8. The van der Waals surface area contributed by atoms with E-state index in [-0.39, 0.29) is 15.9 Å². The van der Waals surface area contributed by atoms with Crippen LogP contribution >= 0.6 is 11.6 Å². The number of aromatic carboxylic acids is 3. The number of benzene rings is 1. The van der Waals surface area contributed by atoms with Gasteiger partial charge in [-0.2, -0.15) is 0 Å². The maximum absolute atomic E-state index is 11.3. The number of carbonyl (C=O) groups is 3. The molecular weight excluding hydrogens is 290 g/mol. The van der Waals surface area contributed by atoms with Crippen LogP contribution in [0.4, 0.5) is 0 Å². The highest BCUT2D eigenvalue weighted by Crippen LogP contribution is 2.29. The molecule has 0 atom stereocenters. The third-order valence-electron chi connectivity index (χ3n) is 2.64. The minimum absolute atomic E-state index is 0.0363. The van der Waals surface area contributed by atoms with Gasteiger partial charge in [-0.15, -0.1) is 0 Å². The fourth-order valence-electron chi connectivity index (χ4n) is 1.85. The Balaban J connectivity index is 3.09. The van der Waals surface area contributed by atoms with Crippen molar-refractivity contribution in [2.24, 2.45) is 0 Å². The molecule has 2 aromatic rings. The zero-order chi connectivity index (χ0) is 15.0. The molecule has 0 aliphatic heterocycles. The maximum Gasteiger partial charge on any atom is 0.338 e. The number of carboxylic acids is 3. The van der Waals surface area contributed by atoms with Crippen molar-refractivity contribution in [3.05, 3.63) is 40.0 Å². The third-order valence-corrected chi connectivity index (χ3v) is 2.96. The Hall–Kier alpha value is -2.67. The molecule has 1 heterocycles. The molecule has 0 amide bonds. The first-order valence-corrected chi connectivity index (χ1v) is 5.53. The van der Waals surface area contributed by atoms with E-state index in [1.54, 1.807) is 0 Å². The van der Waals surface area contributed by atoms with Gasteiger partial charge < -0.3 is 15.3 Å². The van der Waals surface area contributed by atoms with Gasteiger partial charge in [-0.3, -0.25) is 4.98 Å². The number of aromatic nitrogens is 1. The SMILES string of the molecule is O=C(O)c1cnc2ccc(Cl)c(C(=O)O)c2c1C(=O)O. The summed E-state index contributed by atoms with van der Waals surface area (Å²) in [5, 5.41) is 26.8. The minimum Gasteiger partial charge on any atom is -0.478 e. The number of pyridine rings is 1. The number of nitrogens with zero attached hydrogens (tertiary/aromatic N) is 1. The van der Waals surface area contributed by atoms with Gasteiger partial charge in [0.2, 0.25) is 0 Å². The normalized spacial score (nSPS) is 10.4.